The molecule has 0 aromatic rings. The first-order chi connectivity index (χ1) is 19.9. The molecule has 234 valence electrons. The summed E-state index contributed by atoms with van der Waals surface area (Å²) < 4.78 is 0. The molecule has 6 fully saturated rings. The lowest BCUT2D eigenvalue weighted by Gasteiger charge is -2.57. The molecule has 0 bridgehead atoms. The van der Waals surface area contributed by atoms with Gasteiger partial charge in [0.25, 0.3) is 0 Å². The smallest absolute Gasteiger partial charge is 0.139 e. The molecular weight excluding hydrogens is 520 g/mol. The number of hydrogen-bond donors (Lipinski definition) is 3. The molecule has 0 aromatic heterocycles. The van der Waals surface area contributed by atoms with Crippen LogP contribution in [0.5, 0.6) is 0 Å². The van der Waals surface area contributed by atoms with E-state index in [9.17, 15) is 20.1 Å². The van der Waals surface area contributed by atoms with E-state index in [1.165, 1.54) is 37.7 Å². The molecule has 0 saturated heterocycles. The molecule has 0 heterocycles. The zero-order valence-electron chi connectivity index (χ0n) is 26.9. The fourth-order valence-corrected chi connectivity index (χ4v) is 13.0. The maximum absolute atomic E-state index is 12.4. The Hall–Kier alpha value is -0.970. The standard InChI is InChI=1S/C19H30O2.C19H28O2/c2*1-18-9-7-13(20)11-12(18)3-4-14-15-5-6-17(21)19(15,2)10-8-16(14)18/h3,13-17,20-21H,4-11H2,1-2H3;3,13-16,20H,4-11H2,1-2H3/t13-,14-,15-,16-,17-,18-,19-;13-,14-,15-,16-,18-,19-/m00/s1. The fourth-order valence-electron chi connectivity index (χ4n) is 13.0. The number of allylic oxidation sites excluding steroid dienone is 2. The molecular formula is C38H58O4. The summed E-state index contributed by atoms with van der Waals surface area (Å²) >= 11 is 0. The molecule has 8 aliphatic carbocycles. The molecule has 42 heavy (non-hydrogen) atoms. The van der Waals surface area contributed by atoms with Gasteiger partial charge < -0.3 is 15.3 Å². The maximum atomic E-state index is 12.4. The van der Waals surface area contributed by atoms with E-state index in [-0.39, 0.29) is 29.1 Å². The molecule has 0 radical (unpaired) electrons. The van der Waals surface area contributed by atoms with Gasteiger partial charge in [0, 0.05) is 11.8 Å². The molecule has 3 N–H and O–H groups in total. The normalized spacial score (nSPS) is 54.5. The first kappa shape index (κ1) is 29.7. The van der Waals surface area contributed by atoms with E-state index in [4.69, 9.17) is 0 Å². The Morgan fingerprint density at radius 2 is 1.10 bits per heavy atom. The molecule has 4 nitrogen and oxygen atoms in total. The highest BCUT2D eigenvalue weighted by atomic mass is 16.3. The Bertz CT molecular complexity index is 1160. The molecule has 6 saturated carbocycles. The van der Waals surface area contributed by atoms with E-state index in [0.717, 1.165) is 88.4 Å². The number of aliphatic hydroxyl groups is 3. The van der Waals surface area contributed by atoms with Crippen molar-refractivity contribution in [2.24, 2.45) is 57.2 Å². The van der Waals surface area contributed by atoms with Crippen molar-refractivity contribution in [3.8, 4) is 0 Å². The van der Waals surface area contributed by atoms with Crippen molar-refractivity contribution in [2.45, 2.75) is 149 Å². The van der Waals surface area contributed by atoms with Crippen LogP contribution in [0, 0.1) is 57.2 Å². The van der Waals surface area contributed by atoms with Crippen LogP contribution in [-0.2, 0) is 4.79 Å². The van der Waals surface area contributed by atoms with E-state index in [0.29, 0.717) is 34.4 Å². The van der Waals surface area contributed by atoms with Gasteiger partial charge in [-0.05, 0) is 148 Å². The Kier molecular flexibility index (Phi) is 7.27. The number of aliphatic hydroxyl groups excluding tert-OH is 3. The van der Waals surface area contributed by atoms with Crippen LogP contribution < -0.4 is 0 Å². The van der Waals surface area contributed by atoms with Crippen molar-refractivity contribution in [1.82, 2.24) is 0 Å². The van der Waals surface area contributed by atoms with Gasteiger partial charge in [0.15, 0.2) is 0 Å². The number of rotatable bonds is 0. The third-order valence-electron chi connectivity index (χ3n) is 15.8. The topological polar surface area (TPSA) is 77.8 Å². The highest BCUT2D eigenvalue weighted by Crippen LogP contribution is 2.66. The van der Waals surface area contributed by atoms with Crippen molar-refractivity contribution in [1.29, 1.82) is 0 Å². The molecule has 0 aromatic carbocycles. The summed E-state index contributed by atoms with van der Waals surface area (Å²) in [5, 5.41) is 30.5. The zero-order valence-corrected chi connectivity index (χ0v) is 26.9. The van der Waals surface area contributed by atoms with Gasteiger partial charge in [0.1, 0.15) is 5.78 Å². The maximum Gasteiger partial charge on any atom is 0.139 e. The van der Waals surface area contributed by atoms with Crippen molar-refractivity contribution >= 4 is 5.78 Å². The molecule has 4 heteroatoms. The van der Waals surface area contributed by atoms with E-state index >= 15 is 0 Å². The number of carbonyl (C=O) groups excluding carboxylic acids is 1. The number of hydrogen-bond acceptors (Lipinski definition) is 4. The number of carbonyl (C=O) groups is 1. The first-order valence-corrected chi connectivity index (χ1v) is 17.9. The van der Waals surface area contributed by atoms with E-state index in [1.54, 1.807) is 5.57 Å². The van der Waals surface area contributed by atoms with Gasteiger partial charge in [-0.25, -0.2) is 0 Å². The number of Topliss-reactive ketones (excluding diaryl/α,β-unsaturated/α-hetero) is 1. The highest BCUT2D eigenvalue weighted by Gasteiger charge is 2.60. The summed E-state index contributed by atoms with van der Waals surface area (Å²) in [6.07, 6.45) is 21.9. The van der Waals surface area contributed by atoms with Gasteiger partial charge in [-0.1, -0.05) is 51.0 Å². The minimum Gasteiger partial charge on any atom is -0.393 e. The lowest BCUT2D eigenvalue weighted by Crippen LogP contribution is -2.51. The van der Waals surface area contributed by atoms with E-state index in [2.05, 4.69) is 39.8 Å². The van der Waals surface area contributed by atoms with Gasteiger partial charge in [-0.2, -0.15) is 0 Å². The fraction of sp³-hybridized carbons (Fsp3) is 0.868. The van der Waals surface area contributed by atoms with Crippen LogP contribution in [0.2, 0.25) is 0 Å². The Morgan fingerprint density at radius 3 is 1.69 bits per heavy atom. The van der Waals surface area contributed by atoms with Gasteiger partial charge in [0.05, 0.1) is 18.3 Å². The largest absolute Gasteiger partial charge is 0.393 e. The van der Waals surface area contributed by atoms with Crippen LogP contribution >= 0.6 is 0 Å². The number of fused-ring (bicyclic) bond motifs is 10. The Labute approximate surface area is 254 Å². The summed E-state index contributed by atoms with van der Waals surface area (Å²) in [5.74, 6) is 4.87. The molecule has 8 aliphatic rings. The summed E-state index contributed by atoms with van der Waals surface area (Å²) in [4.78, 5) is 12.4. The summed E-state index contributed by atoms with van der Waals surface area (Å²) in [7, 11) is 0. The minimum atomic E-state index is -0.122. The monoisotopic (exact) mass is 578 g/mol. The second kappa shape index (κ2) is 10.3. The minimum absolute atomic E-state index is 0.0168. The first-order valence-electron chi connectivity index (χ1n) is 17.9. The van der Waals surface area contributed by atoms with Crippen LogP contribution in [0.15, 0.2) is 23.3 Å². The van der Waals surface area contributed by atoms with Crippen LogP contribution in [0.4, 0.5) is 0 Å². The average Bonchev–Trinajstić information content (AvgIpc) is 3.44. The van der Waals surface area contributed by atoms with Gasteiger partial charge in [0.2, 0.25) is 0 Å². The molecule has 0 amide bonds. The van der Waals surface area contributed by atoms with E-state index < -0.39 is 0 Å². The van der Waals surface area contributed by atoms with Gasteiger partial charge in [-0.3, -0.25) is 4.79 Å². The van der Waals surface area contributed by atoms with Crippen LogP contribution in [0.3, 0.4) is 0 Å². The molecule has 0 aliphatic heterocycles. The quantitative estimate of drug-likeness (QED) is 0.259. The highest BCUT2D eigenvalue weighted by molar-refractivity contribution is 5.87. The van der Waals surface area contributed by atoms with Crippen molar-refractivity contribution < 1.29 is 20.1 Å². The third kappa shape index (κ3) is 4.27. The van der Waals surface area contributed by atoms with E-state index in [1.807, 2.05) is 0 Å². The van der Waals surface area contributed by atoms with Crippen LogP contribution in [0.1, 0.15) is 130 Å². The lowest BCUT2D eigenvalue weighted by atomic mass is 9.48. The van der Waals surface area contributed by atoms with Crippen molar-refractivity contribution in [3.63, 3.8) is 0 Å². The van der Waals surface area contributed by atoms with Gasteiger partial charge in [-0.15, -0.1) is 0 Å². The second-order valence-electron chi connectivity index (χ2n) is 17.4. The van der Waals surface area contributed by atoms with Crippen LogP contribution in [-0.4, -0.2) is 39.4 Å². The summed E-state index contributed by atoms with van der Waals surface area (Å²) in [6, 6.07) is 0. The predicted octanol–water partition coefficient (Wildman–Crippen LogP) is 7.55. The molecule has 0 spiro atoms. The summed E-state index contributed by atoms with van der Waals surface area (Å²) in [6.45, 7) is 9.50. The van der Waals surface area contributed by atoms with Crippen molar-refractivity contribution in [2.75, 3.05) is 0 Å². The second-order valence-corrected chi connectivity index (χ2v) is 17.4. The predicted molar refractivity (Wildman–Crippen MR) is 166 cm³/mol. The third-order valence-corrected chi connectivity index (χ3v) is 15.8. The Morgan fingerprint density at radius 1 is 0.595 bits per heavy atom. The van der Waals surface area contributed by atoms with Gasteiger partial charge >= 0.3 is 0 Å². The lowest BCUT2D eigenvalue weighted by molar-refractivity contribution is -0.132. The zero-order chi connectivity index (χ0) is 29.7. The molecule has 8 rings (SSSR count). The molecule has 0 unspecified atom stereocenters. The number of ketones is 1. The molecule has 13 atom stereocenters. The van der Waals surface area contributed by atoms with Crippen molar-refractivity contribution in [3.05, 3.63) is 23.3 Å². The summed E-state index contributed by atoms with van der Waals surface area (Å²) in [5.41, 5.74) is 3.86. The van der Waals surface area contributed by atoms with Crippen LogP contribution in [0.25, 0.3) is 0 Å². The average molecular weight is 579 g/mol. The Balaban J connectivity index is 0.000000137. The SMILES string of the molecule is C[C@]12CC[C@H](O)CC1=CC[C@@H]1[C@@H]2CC[C@]2(C)C(=O)CC[C@@H]12.C[C@]12CC[C@H]3[C@@H](CC=C4C[C@@H](O)CC[C@@]43C)[C@@H]1CC[C@@H]2O.